The molecule has 1 aromatic carbocycles. The number of ether oxygens (including phenoxy) is 1. The highest BCUT2D eigenvalue weighted by molar-refractivity contribution is 7.16. The zero-order valence-electron chi connectivity index (χ0n) is 30.8. The summed E-state index contributed by atoms with van der Waals surface area (Å²) in [6.07, 6.45) is 10.3. The van der Waals surface area contributed by atoms with E-state index in [1.807, 2.05) is 46.8 Å². The topological polar surface area (TPSA) is 96.2 Å². The van der Waals surface area contributed by atoms with Crippen molar-refractivity contribution in [2.24, 2.45) is 22.0 Å². The molecule has 268 valence electrons. The summed E-state index contributed by atoms with van der Waals surface area (Å²) in [7, 11) is 3.21. The second-order valence-electron chi connectivity index (χ2n) is 12.5. The third kappa shape index (κ3) is 12.2. The van der Waals surface area contributed by atoms with E-state index in [2.05, 4.69) is 50.7 Å². The molecule has 1 saturated heterocycles. The average Bonchev–Trinajstić information content (AvgIpc) is 3.92. The number of aromatic nitrogens is 1. The van der Waals surface area contributed by atoms with Crippen LogP contribution in [0.1, 0.15) is 148 Å². The van der Waals surface area contributed by atoms with Crippen LogP contribution in [0.3, 0.4) is 0 Å². The summed E-state index contributed by atoms with van der Waals surface area (Å²) in [6.45, 7) is 17.3. The Kier molecular flexibility index (Phi) is 19.5. The fourth-order valence-electron chi connectivity index (χ4n) is 6.21. The lowest BCUT2D eigenvalue weighted by Crippen LogP contribution is -2.37. The fourth-order valence-corrected chi connectivity index (χ4v) is 6.51. The van der Waals surface area contributed by atoms with Crippen molar-refractivity contribution in [2.45, 2.75) is 124 Å². The number of nitrogens with one attached hydrogen (secondary N) is 1. The zero-order valence-corrected chi connectivity index (χ0v) is 32.0. The fraction of sp³-hybridized carbons (Fsp3) is 0.641. The van der Waals surface area contributed by atoms with Gasteiger partial charge in [-0.05, 0) is 105 Å². The lowest BCUT2D eigenvalue weighted by atomic mass is 9.80. The van der Waals surface area contributed by atoms with Crippen molar-refractivity contribution in [3.05, 3.63) is 63.5 Å². The van der Waals surface area contributed by atoms with E-state index in [0.29, 0.717) is 48.3 Å². The van der Waals surface area contributed by atoms with Crippen molar-refractivity contribution in [3.8, 4) is 0 Å². The van der Waals surface area contributed by atoms with Crippen LogP contribution in [0.15, 0.2) is 34.5 Å². The predicted octanol–water partition coefficient (Wildman–Crippen LogP) is 9.06. The van der Waals surface area contributed by atoms with E-state index in [9.17, 15) is 9.18 Å². The summed E-state index contributed by atoms with van der Waals surface area (Å²) in [6, 6.07) is 8.38. The Balaban J connectivity index is 0.000000302. The molecule has 5 rings (SSSR count). The molecular weight excluding hydrogens is 622 g/mol. The van der Waals surface area contributed by atoms with Gasteiger partial charge in [-0.25, -0.2) is 4.39 Å². The van der Waals surface area contributed by atoms with Crippen molar-refractivity contribution in [1.29, 1.82) is 0 Å². The van der Waals surface area contributed by atoms with Gasteiger partial charge in [-0.3, -0.25) is 9.78 Å². The number of rotatable bonds is 14. The standard InChI is InChI=1S/C18H27FNOP.C18H25N3O.C2H6.CH4O/c1-3-14-15(17(21)4-2)8-13(9-16(14)18(19)22)11-20-10-12-6-5-7-12;1-4-16(21-19-5-2)18(15-10-22-11-15)14-8-12(3)20-17(9-14)13-6-7-13;2*1-2/h8-9,12,18,20H,3-7,10-11,22H2,1-2H3;5,8-9,13,15,18H,4,6-7,10-11H2,1-3H3;1-2H3;2H,1H3/b;19-5-,21-16+;;. The Hall–Kier alpha value is -2.38. The number of pyridine rings is 1. The van der Waals surface area contributed by atoms with Gasteiger partial charge in [0.25, 0.3) is 0 Å². The zero-order chi connectivity index (χ0) is 35.6. The van der Waals surface area contributed by atoms with E-state index in [4.69, 9.17) is 14.8 Å². The number of hydrogen-bond donors (Lipinski definition) is 2. The van der Waals surface area contributed by atoms with Crippen LogP contribution in [-0.4, -0.2) is 54.7 Å². The summed E-state index contributed by atoms with van der Waals surface area (Å²) in [5.74, 6) is 1.27. The number of ketones is 1. The van der Waals surface area contributed by atoms with Crippen molar-refractivity contribution in [1.82, 2.24) is 10.3 Å². The molecule has 2 N–H and O–H groups in total. The molecule has 9 heteroatoms. The lowest BCUT2D eigenvalue weighted by Gasteiger charge is -2.34. The number of aliphatic hydroxyl groups excluding tert-OH is 1. The molecule has 0 radical (unpaired) electrons. The van der Waals surface area contributed by atoms with Crippen LogP contribution in [0.25, 0.3) is 0 Å². The summed E-state index contributed by atoms with van der Waals surface area (Å²) in [5.41, 5.74) is 8.08. The Labute approximate surface area is 292 Å². The SMILES string of the molecule is C/C=N\N=C(/CC)C(c1cc(C)nc(C2CC2)c1)C1COC1.CC.CCC(=O)c1cc(CNCC2CCC2)cc(C(F)P)c1CC.CO. The maximum atomic E-state index is 14.0. The van der Waals surface area contributed by atoms with Crippen LogP contribution >= 0.6 is 9.24 Å². The third-order valence-electron chi connectivity index (χ3n) is 9.11. The first-order valence-electron chi connectivity index (χ1n) is 18.1. The lowest BCUT2D eigenvalue weighted by molar-refractivity contribution is -0.0359. The molecule has 0 bridgehead atoms. The van der Waals surface area contributed by atoms with Gasteiger partial charge in [-0.1, -0.05) is 56.3 Å². The second kappa shape index (κ2) is 22.4. The van der Waals surface area contributed by atoms with E-state index in [1.54, 1.807) is 6.21 Å². The molecule has 0 amide bonds. The van der Waals surface area contributed by atoms with Crippen LogP contribution in [0, 0.1) is 18.8 Å². The first kappa shape index (κ1) is 41.8. The highest BCUT2D eigenvalue weighted by Gasteiger charge is 2.34. The molecule has 48 heavy (non-hydrogen) atoms. The maximum Gasteiger partial charge on any atom is 0.162 e. The van der Waals surface area contributed by atoms with Crippen molar-refractivity contribution in [2.75, 3.05) is 26.9 Å². The first-order chi connectivity index (χ1) is 23.3. The quantitative estimate of drug-likeness (QED) is 0.0896. The van der Waals surface area contributed by atoms with Gasteiger partial charge in [-0.15, -0.1) is 0 Å². The predicted molar refractivity (Wildman–Crippen MR) is 202 cm³/mol. The van der Waals surface area contributed by atoms with Crippen LogP contribution in [0.2, 0.25) is 0 Å². The molecule has 1 aliphatic heterocycles. The van der Waals surface area contributed by atoms with Gasteiger partial charge in [0.1, 0.15) is 5.91 Å². The number of hydrogen-bond acceptors (Lipinski definition) is 7. The summed E-state index contributed by atoms with van der Waals surface area (Å²) in [5, 5.41) is 19.1. The molecule has 1 aromatic heterocycles. The Morgan fingerprint density at radius 3 is 2.27 bits per heavy atom. The minimum atomic E-state index is -1.12. The van der Waals surface area contributed by atoms with Gasteiger partial charge >= 0.3 is 0 Å². The number of aliphatic hydroxyl groups is 1. The normalized spacial score (nSPS) is 17.4. The van der Waals surface area contributed by atoms with Crippen LogP contribution < -0.4 is 5.32 Å². The van der Waals surface area contributed by atoms with Gasteiger partial charge in [0.2, 0.25) is 0 Å². The smallest absolute Gasteiger partial charge is 0.162 e. The monoisotopic (exact) mass is 684 g/mol. The third-order valence-corrected chi connectivity index (χ3v) is 9.47. The summed E-state index contributed by atoms with van der Waals surface area (Å²) >= 11 is 0. The largest absolute Gasteiger partial charge is 0.400 e. The van der Waals surface area contributed by atoms with Crippen molar-refractivity contribution < 1.29 is 19.0 Å². The molecule has 3 aliphatic rings. The van der Waals surface area contributed by atoms with E-state index < -0.39 is 5.91 Å². The van der Waals surface area contributed by atoms with Crippen LogP contribution in [0.4, 0.5) is 4.39 Å². The van der Waals surface area contributed by atoms with Crippen LogP contribution in [0.5, 0.6) is 0 Å². The number of benzene rings is 1. The second-order valence-corrected chi connectivity index (χ2v) is 13.1. The number of carbonyl (C=O) groups is 1. The Morgan fingerprint density at radius 1 is 1.10 bits per heavy atom. The van der Waals surface area contributed by atoms with Crippen molar-refractivity contribution >= 4 is 26.9 Å². The number of halogens is 1. The average molecular weight is 685 g/mol. The molecule has 2 heterocycles. The van der Waals surface area contributed by atoms with Crippen molar-refractivity contribution in [3.63, 3.8) is 0 Å². The highest BCUT2D eigenvalue weighted by Crippen LogP contribution is 2.41. The number of carbonyl (C=O) groups excluding carboxylic acids is 1. The highest BCUT2D eigenvalue weighted by atomic mass is 31.0. The molecule has 7 nitrogen and oxygen atoms in total. The van der Waals surface area contributed by atoms with Gasteiger partial charge in [0, 0.05) is 66.7 Å². The number of Topliss-reactive ketones (excluding diaryl/α,β-unsaturated/α-hetero) is 1. The molecule has 0 spiro atoms. The Bertz CT molecular complexity index is 1320. The van der Waals surface area contributed by atoms with E-state index in [1.165, 1.54) is 43.4 Å². The Morgan fingerprint density at radius 2 is 1.79 bits per heavy atom. The molecule has 3 unspecified atom stereocenters. The molecular formula is C39H62FN4O3P. The van der Waals surface area contributed by atoms with Gasteiger partial charge in [-0.2, -0.15) is 10.2 Å². The summed E-state index contributed by atoms with van der Waals surface area (Å²) in [4.78, 5) is 16.9. The molecule has 2 aliphatic carbocycles. The van der Waals surface area contributed by atoms with Gasteiger partial charge in [0.05, 0.1) is 13.2 Å². The van der Waals surface area contributed by atoms with Crippen LogP contribution in [-0.2, 0) is 17.7 Å². The first-order valence-corrected chi connectivity index (χ1v) is 18.8. The van der Waals surface area contributed by atoms with Gasteiger partial charge in [0.15, 0.2) is 5.78 Å². The summed E-state index contributed by atoms with van der Waals surface area (Å²) < 4.78 is 19.4. The van der Waals surface area contributed by atoms with Gasteiger partial charge < -0.3 is 15.2 Å². The minimum absolute atomic E-state index is 0.101. The molecule has 3 atom stereocenters. The number of aryl methyl sites for hydroxylation is 1. The van der Waals surface area contributed by atoms with E-state index in [0.717, 1.165) is 61.7 Å². The molecule has 2 aromatic rings. The minimum Gasteiger partial charge on any atom is -0.400 e. The molecule has 3 fully saturated rings. The molecule has 2 saturated carbocycles. The van der Waals surface area contributed by atoms with E-state index >= 15 is 0 Å². The van der Waals surface area contributed by atoms with E-state index in [-0.39, 0.29) is 5.78 Å². The number of nitrogens with zero attached hydrogens (tertiary/aromatic N) is 3. The maximum absolute atomic E-state index is 14.0. The number of alkyl halides is 1.